The van der Waals surface area contributed by atoms with E-state index in [1.165, 1.54) is 22.0 Å². The molecule has 0 atom stereocenters. The molecule has 22 heavy (non-hydrogen) atoms. The van der Waals surface area contributed by atoms with E-state index in [0.29, 0.717) is 0 Å². The smallest absolute Gasteiger partial charge is 0.191 e. The van der Waals surface area contributed by atoms with E-state index in [4.69, 9.17) is 0 Å². The first-order chi connectivity index (χ1) is 10.3. The molecule has 0 aliphatic heterocycles. The Morgan fingerprint density at radius 3 is 2.91 bits per heavy atom. The molecule has 4 nitrogen and oxygen atoms in total. The highest BCUT2D eigenvalue weighted by Gasteiger charge is 2.04. The molecule has 0 bridgehead atoms. The van der Waals surface area contributed by atoms with Crippen LogP contribution in [0.3, 0.4) is 0 Å². The monoisotopic (exact) mass is 412 g/mol. The number of hydrogen-bond donors (Lipinski definition) is 3. The van der Waals surface area contributed by atoms with E-state index in [-0.39, 0.29) is 24.0 Å². The Bertz CT molecular complexity index is 631. The van der Waals surface area contributed by atoms with Gasteiger partial charge in [0.1, 0.15) is 0 Å². The molecule has 0 amide bonds. The lowest BCUT2D eigenvalue weighted by Gasteiger charge is -2.09. The Morgan fingerprint density at radius 1 is 1.36 bits per heavy atom. The minimum atomic E-state index is 0. The van der Waals surface area contributed by atoms with Crippen molar-refractivity contribution >= 4 is 40.8 Å². The average molecular weight is 412 g/mol. The number of nitrogens with zero attached hydrogens (tertiary/aromatic N) is 1. The minimum Gasteiger partial charge on any atom is -0.361 e. The highest BCUT2D eigenvalue weighted by atomic mass is 127. The number of H-pyrrole nitrogens is 1. The van der Waals surface area contributed by atoms with Gasteiger partial charge in [-0.1, -0.05) is 24.3 Å². The van der Waals surface area contributed by atoms with E-state index in [9.17, 15) is 0 Å². The lowest BCUT2D eigenvalue weighted by atomic mass is 10.1. The first-order valence-corrected chi connectivity index (χ1v) is 7.45. The van der Waals surface area contributed by atoms with E-state index in [2.05, 4.69) is 65.4 Å². The summed E-state index contributed by atoms with van der Waals surface area (Å²) in [6.45, 7) is 10.2. The molecule has 2 rings (SSSR count). The summed E-state index contributed by atoms with van der Waals surface area (Å²) in [5, 5.41) is 7.74. The van der Waals surface area contributed by atoms with Crippen LogP contribution in [0.15, 0.2) is 42.0 Å². The number of para-hydroxylation sites is 1. The van der Waals surface area contributed by atoms with Gasteiger partial charge < -0.3 is 15.6 Å². The number of aromatic amines is 1. The molecule has 5 heteroatoms. The molecule has 1 aromatic heterocycles. The fourth-order valence-corrected chi connectivity index (χ4v) is 2.37. The summed E-state index contributed by atoms with van der Waals surface area (Å²) >= 11 is 0. The zero-order valence-electron chi connectivity index (χ0n) is 13.3. The fraction of sp³-hybridized carbons (Fsp3) is 0.353. The van der Waals surface area contributed by atoms with Crippen molar-refractivity contribution in [3.05, 3.63) is 48.2 Å². The number of hydrogen-bond acceptors (Lipinski definition) is 1. The maximum Gasteiger partial charge on any atom is 0.191 e. The van der Waals surface area contributed by atoms with Crippen LogP contribution in [0.4, 0.5) is 0 Å². The van der Waals surface area contributed by atoms with Crippen LogP contribution in [0, 0.1) is 6.92 Å². The summed E-state index contributed by atoms with van der Waals surface area (Å²) in [7, 11) is 0. The Hall–Kier alpha value is -1.50. The molecular formula is C17H25IN4. The van der Waals surface area contributed by atoms with Gasteiger partial charge in [-0.15, -0.1) is 30.6 Å². The summed E-state index contributed by atoms with van der Waals surface area (Å²) in [6, 6.07) is 6.40. The number of benzene rings is 1. The summed E-state index contributed by atoms with van der Waals surface area (Å²) in [4.78, 5) is 7.95. The number of fused-ring (bicyclic) bond motifs is 1. The number of guanidine groups is 1. The van der Waals surface area contributed by atoms with Gasteiger partial charge >= 0.3 is 0 Å². The number of halogens is 1. The SMILES string of the molecule is C=CCNC(=NCCc1c[nH]c2c(C)cccc12)NCC.I. The van der Waals surface area contributed by atoms with E-state index in [1.807, 2.05) is 6.08 Å². The Morgan fingerprint density at radius 2 is 2.18 bits per heavy atom. The molecule has 0 spiro atoms. The third-order valence-corrected chi connectivity index (χ3v) is 3.42. The molecular weight excluding hydrogens is 387 g/mol. The van der Waals surface area contributed by atoms with Crippen LogP contribution in [-0.2, 0) is 6.42 Å². The van der Waals surface area contributed by atoms with Crippen molar-refractivity contribution in [2.24, 2.45) is 4.99 Å². The van der Waals surface area contributed by atoms with Crippen LogP contribution < -0.4 is 10.6 Å². The van der Waals surface area contributed by atoms with Crippen LogP contribution >= 0.6 is 24.0 Å². The van der Waals surface area contributed by atoms with Gasteiger partial charge in [0.15, 0.2) is 5.96 Å². The molecule has 0 saturated heterocycles. The second-order valence-corrected chi connectivity index (χ2v) is 4.99. The zero-order chi connectivity index (χ0) is 15.1. The molecule has 0 aliphatic rings. The molecule has 1 heterocycles. The molecule has 2 aromatic rings. The molecule has 1 aromatic carbocycles. The van der Waals surface area contributed by atoms with Crippen molar-refractivity contribution in [3.63, 3.8) is 0 Å². The molecule has 0 fully saturated rings. The second-order valence-electron chi connectivity index (χ2n) is 4.99. The maximum absolute atomic E-state index is 4.59. The first-order valence-electron chi connectivity index (χ1n) is 7.45. The van der Waals surface area contributed by atoms with E-state index in [1.54, 1.807) is 0 Å². The highest BCUT2D eigenvalue weighted by molar-refractivity contribution is 14.0. The number of aromatic nitrogens is 1. The van der Waals surface area contributed by atoms with Gasteiger partial charge in [0.2, 0.25) is 0 Å². The van der Waals surface area contributed by atoms with Crippen LogP contribution in [0.5, 0.6) is 0 Å². The normalized spacial score (nSPS) is 11.1. The predicted molar refractivity (Wildman–Crippen MR) is 106 cm³/mol. The quantitative estimate of drug-likeness (QED) is 0.295. The van der Waals surface area contributed by atoms with Gasteiger partial charge in [-0.3, -0.25) is 4.99 Å². The Balaban J connectivity index is 0.00000242. The van der Waals surface area contributed by atoms with Gasteiger partial charge in [-0.25, -0.2) is 0 Å². The maximum atomic E-state index is 4.59. The standard InChI is InChI=1S/C17H24N4.HI/c1-4-10-19-17(18-5-2)20-11-9-14-12-21-16-13(3)7-6-8-15(14)16;/h4,6-8,12,21H,1,5,9-11H2,2-3H3,(H2,18,19,20);1H. The number of aryl methyl sites for hydroxylation is 1. The Labute approximate surface area is 149 Å². The van der Waals surface area contributed by atoms with Crippen LogP contribution in [0.1, 0.15) is 18.1 Å². The van der Waals surface area contributed by atoms with Crippen molar-refractivity contribution in [2.45, 2.75) is 20.3 Å². The minimum absolute atomic E-state index is 0. The first kappa shape index (κ1) is 18.5. The van der Waals surface area contributed by atoms with Crippen molar-refractivity contribution in [3.8, 4) is 0 Å². The third-order valence-electron chi connectivity index (χ3n) is 3.42. The summed E-state index contributed by atoms with van der Waals surface area (Å²) in [5.74, 6) is 0.841. The average Bonchev–Trinajstić information content (AvgIpc) is 2.89. The fourth-order valence-electron chi connectivity index (χ4n) is 2.37. The topological polar surface area (TPSA) is 52.2 Å². The number of aliphatic imine (C=N–C) groups is 1. The second kappa shape index (κ2) is 9.50. The van der Waals surface area contributed by atoms with Gasteiger partial charge in [0, 0.05) is 36.7 Å². The van der Waals surface area contributed by atoms with Crippen molar-refractivity contribution in [1.82, 2.24) is 15.6 Å². The largest absolute Gasteiger partial charge is 0.361 e. The summed E-state index contributed by atoms with van der Waals surface area (Å²) in [6.07, 6.45) is 4.85. The van der Waals surface area contributed by atoms with E-state index < -0.39 is 0 Å². The van der Waals surface area contributed by atoms with Crippen molar-refractivity contribution < 1.29 is 0 Å². The van der Waals surface area contributed by atoms with Crippen molar-refractivity contribution in [1.29, 1.82) is 0 Å². The van der Waals surface area contributed by atoms with E-state index >= 15 is 0 Å². The third kappa shape index (κ3) is 4.76. The summed E-state index contributed by atoms with van der Waals surface area (Å²) < 4.78 is 0. The molecule has 0 unspecified atom stereocenters. The van der Waals surface area contributed by atoms with Gasteiger partial charge in [-0.2, -0.15) is 0 Å². The van der Waals surface area contributed by atoms with Gasteiger partial charge in [0.25, 0.3) is 0 Å². The Kier molecular flexibility index (Phi) is 8.01. The summed E-state index contributed by atoms with van der Waals surface area (Å²) in [5.41, 5.74) is 3.83. The van der Waals surface area contributed by atoms with E-state index in [0.717, 1.165) is 32.0 Å². The number of rotatable bonds is 6. The van der Waals surface area contributed by atoms with Crippen LogP contribution in [0.25, 0.3) is 10.9 Å². The molecule has 0 aliphatic carbocycles. The molecule has 120 valence electrons. The molecule has 3 N–H and O–H groups in total. The van der Waals surface area contributed by atoms with Crippen LogP contribution in [0.2, 0.25) is 0 Å². The van der Waals surface area contributed by atoms with Gasteiger partial charge in [0.05, 0.1) is 0 Å². The molecule has 0 saturated carbocycles. The van der Waals surface area contributed by atoms with Crippen LogP contribution in [-0.4, -0.2) is 30.6 Å². The predicted octanol–water partition coefficient (Wildman–Crippen LogP) is 3.38. The lowest BCUT2D eigenvalue weighted by molar-refractivity contribution is 0.852. The molecule has 0 radical (unpaired) electrons. The lowest BCUT2D eigenvalue weighted by Crippen LogP contribution is -2.37. The zero-order valence-corrected chi connectivity index (χ0v) is 15.6. The number of nitrogens with one attached hydrogen (secondary N) is 3. The highest BCUT2D eigenvalue weighted by Crippen LogP contribution is 2.21. The van der Waals surface area contributed by atoms with Gasteiger partial charge in [-0.05, 0) is 31.4 Å². The van der Waals surface area contributed by atoms with Crippen molar-refractivity contribution in [2.75, 3.05) is 19.6 Å².